The van der Waals surface area contributed by atoms with E-state index in [2.05, 4.69) is 17.0 Å². The van der Waals surface area contributed by atoms with E-state index < -0.39 is 0 Å². The average Bonchev–Trinajstić information content (AvgIpc) is 3.27. The van der Waals surface area contributed by atoms with E-state index in [9.17, 15) is 9.59 Å². The maximum absolute atomic E-state index is 12.0. The van der Waals surface area contributed by atoms with E-state index in [1.807, 2.05) is 11.0 Å². The number of rotatable bonds is 6. The molecule has 1 aromatic carbocycles. The molecule has 3 aliphatic rings. The second kappa shape index (κ2) is 7.66. The molecule has 0 radical (unpaired) electrons. The monoisotopic (exact) mass is 358 g/mol. The summed E-state index contributed by atoms with van der Waals surface area (Å²) in [6.45, 7) is 3.29. The van der Waals surface area contributed by atoms with Gasteiger partial charge in [0, 0.05) is 32.1 Å². The van der Waals surface area contributed by atoms with Crippen LogP contribution >= 0.6 is 0 Å². The van der Waals surface area contributed by atoms with Gasteiger partial charge in [0.15, 0.2) is 11.5 Å². The maximum atomic E-state index is 12.0. The first kappa shape index (κ1) is 17.3. The zero-order valence-corrected chi connectivity index (χ0v) is 15.1. The second-order valence-corrected chi connectivity index (χ2v) is 7.45. The van der Waals surface area contributed by atoms with Crippen molar-refractivity contribution in [3.63, 3.8) is 0 Å². The van der Waals surface area contributed by atoms with E-state index in [0.29, 0.717) is 24.9 Å². The van der Waals surface area contributed by atoms with Crippen LogP contribution in [0.1, 0.15) is 43.6 Å². The van der Waals surface area contributed by atoms with Crippen molar-refractivity contribution in [1.82, 2.24) is 9.80 Å². The van der Waals surface area contributed by atoms with Gasteiger partial charge < -0.3 is 19.2 Å². The first-order valence-corrected chi connectivity index (χ1v) is 9.59. The van der Waals surface area contributed by atoms with Crippen molar-refractivity contribution in [3.8, 4) is 11.5 Å². The van der Waals surface area contributed by atoms with Gasteiger partial charge in [-0.15, -0.1) is 0 Å². The Hall–Kier alpha value is -2.08. The van der Waals surface area contributed by atoms with Crippen molar-refractivity contribution >= 4 is 12.2 Å². The molecule has 3 aliphatic heterocycles. The number of fused-ring (bicyclic) bond motifs is 1. The average molecular weight is 358 g/mol. The van der Waals surface area contributed by atoms with Crippen LogP contribution in [0.4, 0.5) is 0 Å². The molecule has 4 rings (SSSR count). The molecule has 0 saturated carbocycles. The summed E-state index contributed by atoms with van der Waals surface area (Å²) >= 11 is 0. The highest BCUT2D eigenvalue weighted by Crippen LogP contribution is 2.39. The number of piperidine rings is 1. The lowest BCUT2D eigenvalue weighted by atomic mass is 9.95. The fourth-order valence-corrected chi connectivity index (χ4v) is 4.42. The standard InChI is InChI=1S/C20H26N2O4/c23-10-9-22-13-16(15-4-5-18-19(12-15)26-14-25-18)11-17(22)6-8-21-7-2-1-3-20(21)24/h4-5,10,12,16-17H,1-3,6-9,11,13-14H2. The molecule has 140 valence electrons. The number of likely N-dealkylation sites (tertiary alicyclic amines) is 2. The molecule has 3 heterocycles. The number of benzene rings is 1. The normalized spacial score (nSPS) is 25.7. The van der Waals surface area contributed by atoms with Gasteiger partial charge in [0.05, 0.1) is 6.54 Å². The number of carbonyl (C=O) groups excluding carboxylic acids is 2. The fraction of sp³-hybridized carbons (Fsp3) is 0.600. The molecule has 26 heavy (non-hydrogen) atoms. The van der Waals surface area contributed by atoms with Crippen LogP contribution in [-0.2, 0) is 9.59 Å². The quantitative estimate of drug-likeness (QED) is 0.730. The Bertz CT molecular complexity index is 678. The molecular weight excluding hydrogens is 332 g/mol. The zero-order valence-electron chi connectivity index (χ0n) is 15.1. The lowest BCUT2D eigenvalue weighted by molar-refractivity contribution is -0.133. The van der Waals surface area contributed by atoms with Crippen LogP contribution in [0.15, 0.2) is 18.2 Å². The molecule has 0 N–H and O–H groups in total. The minimum absolute atomic E-state index is 0.281. The highest BCUT2D eigenvalue weighted by molar-refractivity contribution is 5.76. The molecule has 6 nitrogen and oxygen atoms in total. The van der Waals surface area contributed by atoms with Crippen LogP contribution in [0.5, 0.6) is 11.5 Å². The number of hydrogen-bond acceptors (Lipinski definition) is 5. The molecule has 6 heteroatoms. The Morgan fingerprint density at radius 2 is 2.08 bits per heavy atom. The minimum atomic E-state index is 0.281. The minimum Gasteiger partial charge on any atom is -0.454 e. The predicted molar refractivity (Wildman–Crippen MR) is 96.4 cm³/mol. The van der Waals surface area contributed by atoms with Gasteiger partial charge in [0.2, 0.25) is 12.7 Å². The Kier molecular flexibility index (Phi) is 5.11. The summed E-state index contributed by atoms with van der Waals surface area (Å²) in [6, 6.07) is 6.49. The summed E-state index contributed by atoms with van der Waals surface area (Å²) < 4.78 is 10.9. The van der Waals surface area contributed by atoms with Gasteiger partial charge in [-0.25, -0.2) is 0 Å². The number of hydrogen-bond donors (Lipinski definition) is 0. The number of nitrogens with zero attached hydrogens (tertiary/aromatic N) is 2. The van der Waals surface area contributed by atoms with Gasteiger partial charge in [0.25, 0.3) is 0 Å². The predicted octanol–water partition coefficient (Wildman–Crippen LogP) is 2.17. The molecule has 0 spiro atoms. The van der Waals surface area contributed by atoms with Crippen molar-refractivity contribution < 1.29 is 19.1 Å². The molecule has 1 aromatic rings. The van der Waals surface area contributed by atoms with Gasteiger partial charge in [0.1, 0.15) is 6.29 Å². The van der Waals surface area contributed by atoms with Crippen molar-refractivity contribution in [2.45, 2.75) is 44.1 Å². The van der Waals surface area contributed by atoms with Crippen molar-refractivity contribution in [1.29, 1.82) is 0 Å². The van der Waals surface area contributed by atoms with Crippen LogP contribution in [-0.4, -0.2) is 61.0 Å². The SMILES string of the molecule is O=CCN1CC(c2ccc3c(c2)OCO3)CC1CCN1CCCCC1=O. The van der Waals surface area contributed by atoms with Gasteiger partial charge in [-0.2, -0.15) is 0 Å². The van der Waals surface area contributed by atoms with Gasteiger partial charge >= 0.3 is 0 Å². The van der Waals surface area contributed by atoms with E-state index in [1.54, 1.807) is 0 Å². The van der Waals surface area contributed by atoms with E-state index in [0.717, 1.165) is 63.1 Å². The summed E-state index contributed by atoms with van der Waals surface area (Å²) in [7, 11) is 0. The van der Waals surface area contributed by atoms with Crippen molar-refractivity contribution in [2.24, 2.45) is 0 Å². The lowest BCUT2D eigenvalue weighted by Gasteiger charge is -2.29. The largest absolute Gasteiger partial charge is 0.454 e. The Morgan fingerprint density at radius 1 is 1.19 bits per heavy atom. The molecular formula is C20H26N2O4. The first-order chi connectivity index (χ1) is 12.7. The highest BCUT2D eigenvalue weighted by Gasteiger charge is 2.33. The van der Waals surface area contributed by atoms with Crippen LogP contribution in [0, 0.1) is 0 Å². The summed E-state index contributed by atoms with van der Waals surface area (Å²) in [5.41, 5.74) is 1.24. The van der Waals surface area contributed by atoms with E-state index in [4.69, 9.17) is 9.47 Å². The third-order valence-corrected chi connectivity index (χ3v) is 5.86. The van der Waals surface area contributed by atoms with Crippen LogP contribution in [0.25, 0.3) is 0 Å². The van der Waals surface area contributed by atoms with Crippen LogP contribution in [0.3, 0.4) is 0 Å². The van der Waals surface area contributed by atoms with Gasteiger partial charge in [-0.3, -0.25) is 9.69 Å². The van der Waals surface area contributed by atoms with Gasteiger partial charge in [-0.1, -0.05) is 6.07 Å². The van der Waals surface area contributed by atoms with Gasteiger partial charge in [-0.05, 0) is 49.3 Å². The molecule has 0 bridgehead atoms. The maximum Gasteiger partial charge on any atom is 0.231 e. The summed E-state index contributed by atoms with van der Waals surface area (Å²) in [4.78, 5) is 27.4. The van der Waals surface area contributed by atoms with E-state index in [1.165, 1.54) is 5.56 Å². The number of aldehydes is 1. The molecule has 2 atom stereocenters. The van der Waals surface area contributed by atoms with E-state index in [-0.39, 0.29) is 12.7 Å². The Morgan fingerprint density at radius 3 is 2.92 bits per heavy atom. The summed E-state index contributed by atoms with van der Waals surface area (Å²) in [6.07, 6.45) is 5.73. The van der Waals surface area contributed by atoms with Crippen LogP contribution < -0.4 is 9.47 Å². The fourth-order valence-electron chi connectivity index (χ4n) is 4.42. The number of ether oxygens (including phenoxy) is 2. The number of amides is 1. The molecule has 0 aliphatic carbocycles. The number of carbonyl (C=O) groups is 2. The molecule has 2 saturated heterocycles. The van der Waals surface area contributed by atoms with Crippen LogP contribution in [0.2, 0.25) is 0 Å². The lowest BCUT2D eigenvalue weighted by Crippen LogP contribution is -2.39. The van der Waals surface area contributed by atoms with E-state index >= 15 is 0 Å². The third kappa shape index (κ3) is 3.56. The molecule has 2 fully saturated rings. The zero-order chi connectivity index (χ0) is 17.9. The molecule has 1 amide bonds. The smallest absolute Gasteiger partial charge is 0.231 e. The molecule has 2 unspecified atom stereocenters. The Balaban J connectivity index is 1.41. The Labute approximate surface area is 154 Å². The van der Waals surface area contributed by atoms with Crippen molar-refractivity contribution in [2.75, 3.05) is 33.0 Å². The highest BCUT2D eigenvalue weighted by atomic mass is 16.7. The third-order valence-electron chi connectivity index (χ3n) is 5.86. The topological polar surface area (TPSA) is 59.1 Å². The molecule has 0 aromatic heterocycles. The van der Waals surface area contributed by atoms with Crippen molar-refractivity contribution in [3.05, 3.63) is 23.8 Å². The summed E-state index contributed by atoms with van der Waals surface area (Å²) in [5, 5.41) is 0. The first-order valence-electron chi connectivity index (χ1n) is 9.59. The second-order valence-electron chi connectivity index (χ2n) is 7.45. The summed E-state index contributed by atoms with van der Waals surface area (Å²) in [5.74, 6) is 2.28.